The van der Waals surface area contributed by atoms with Gasteiger partial charge in [0, 0.05) is 12.6 Å². The van der Waals surface area contributed by atoms with Crippen molar-refractivity contribution < 1.29 is 22.4 Å². The fourth-order valence-electron chi connectivity index (χ4n) is 4.80. The number of anilines is 1. The second-order valence-corrected chi connectivity index (χ2v) is 11.8. The van der Waals surface area contributed by atoms with Crippen LogP contribution >= 0.6 is 0 Å². The Morgan fingerprint density at radius 3 is 2.21 bits per heavy atom. The molecule has 1 aliphatic carbocycles. The van der Waals surface area contributed by atoms with E-state index in [1.54, 1.807) is 37.3 Å². The van der Waals surface area contributed by atoms with Gasteiger partial charge in [-0.05, 0) is 74.2 Å². The van der Waals surface area contributed by atoms with E-state index in [1.807, 2.05) is 31.2 Å². The molecule has 1 atom stereocenters. The number of nitrogens with zero attached hydrogens (tertiary/aromatic N) is 2. The van der Waals surface area contributed by atoms with Crippen molar-refractivity contribution >= 4 is 27.5 Å². The maximum atomic E-state index is 13.9. The molecule has 39 heavy (non-hydrogen) atoms. The standard InChI is InChI=1S/C30H34FN3O4S/c1-22-10-6-7-11-24(22)20-33(23(2)30(36)32-26-12-8-9-13-26)29(35)21-34(27-14-4-3-5-15-27)39(37,38)28-18-16-25(31)17-19-28/h3-7,10-11,14-19,23,26H,8-9,12-13,20-21H2,1-2H3,(H,32,36). The third-order valence-corrected chi connectivity index (χ3v) is 8.98. The Kier molecular flexibility index (Phi) is 9.01. The number of sulfonamides is 1. The molecule has 0 saturated heterocycles. The van der Waals surface area contributed by atoms with Gasteiger partial charge >= 0.3 is 0 Å². The summed E-state index contributed by atoms with van der Waals surface area (Å²) < 4.78 is 42.0. The first-order chi connectivity index (χ1) is 18.7. The lowest BCUT2D eigenvalue weighted by atomic mass is 10.1. The van der Waals surface area contributed by atoms with Crippen LogP contribution in [0.1, 0.15) is 43.7 Å². The summed E-state index contributed by atoms with van der Waals surface area (Å²) in [4.78, 5) is 28.5. The van der Waals surface area contributed by atoms with E-state index in [9.17, 15) is 22.4 Å². The molecule has 9 heteroatoms. The molecule has 0 spiro atoms. The molecule has 2 amide bonds. The van der Waals surface area contributed by atoms with Gasteiger partial charge in [-0.1, -0.05) is 55.3 Å². The average molecular weight is 552 g/mol. The smallest absolute Gasteiger partial charge is 0.264 e. The number of hydrogen-bond donors (Lipinski definition) is 1. The Morgan fingerprint density at radius 1 is 0.949 bits per heavy atom. The van der Waals surface area contributed by atoms with E-state index in [2.05, 4.69) is 5.32 Å². The SMILES string of the molecule is Cc1ccccc1CN(C(=O)CN(c1ccccc1)S(=O)(=O)c1ccc(F)cc1)C(C)C(=O)NC1CCCC1. The summed E-state index contributed by atoms with van der Waals surface area (Å²) in [6.45, 7) is 3.21. The molecule has 7 nitrogen and oxygen atoms in total. The summed E-state index contributed by atoms with van der Waals surface area (Å²) in [5.74, 6) is -1.36. The molecular formula is C30H34FN3O4S. The fourth-order valence-corrected chi connectivity index (χ4v) is 6.22. The minimum Gasteiger partial charge on any atom is -0.352 e. The van der Waals surface area contributed by atoms with Crippen LogP contribution in [0.15, 0.2) is 83.8 Å². The molecule has 0 heterocycles. The lowest BCUT2D eigenvalue weighted by molar-refractivity contribution is -0.139. The van der Waals surface area contributed by atoms with Gasteiger partial charge in [-0.25, -0.2) is 12.8 Å². The number of benzene rings is 3. The molecule has 206 valence electrons. The van der Waals surface area contributed by atoms with Gasteiger partial charge in [0.2, 0.25) is 11.8 Å². The fraction of sp³-hybridized carbons (Fsp3) is 0.333. The number of hydrogen-bond acceptors (Lipinski definition) is 4. The van der Waals surface area contributed by atoms with E-state index in [-0.39, 0.29) is 29.1 Å². The van der Waals surface area contributed by atoms with Crippen LogP contribution in [0.5, 0.6) is 0 Å². The number of amides is 2. The van der Waals surface area contributed by atoms with Crippen LogP contribution in [0.3, 0.4) is 0 Å². The summed E-state index contributed by atoms with van der Waals surface area (Å²) in [6.07, 6.45) is 3.92. The molecule has 0 bridgehead atoms. The minimum absolute atomic E-state index is 0.0787. The van der Waals surface area contributed by atoms with Crippen molar-refractivity contribution in [3.63, 3.8) is 0 Å². The van der Waals surface area contributed by atoms with Crippen molar-refractivity contribution in [2.75, 3.05) is 10.8 Å². The molecule has 0 aromatic heterocycles. The number of nitrogens with one attached hydrogen (secondary N) is 1. The van der Waals surface area contributed by atoms with E-state index >= 15 is 0 Å². The summed E-state index contributed by atoms with van der Waals surface area (Å²) in [5, 5.41) is 3.06. The van der Waals surface area contributed by atoms with Gasteiger partial charge in [0.25, 0.3) is 10.0 Å². The molecule has 1 N–H and O–H groups in total. The maximum absolute atomic E-state index is 13.9. The number of carbonyl (C=O) groups excluding carboxylic acids is 2. The van der Waals surface area contributed by atoms with Crippen LogP contribution in [-0.2, 0) is 26.2 Å². The second-order valence-electron chi connectivity index (χ2n) is 9.92. The molecule has 1 fully saturated rings. The predicted molar refractivity (Wildman–Crippen MR) is 149 cm³/mol. The second kappa shape index (κ2) is 12.4. The zero-order valence-corrected chi connectivity index (χ0v) is 23.0. The van der Waals surface area contributed by atoms with Gasteiger partial charge < -0.3 is 10.2 Å². The van der Waals surface area contributed by atoms with Crippen molar-refractivity contribution in [2.45, 2.75) is 63.1 Å². The van der Waals surface area contributed by atoms with E-state index in [4.69, 9.17) is 0 Å². The van der Waals surface area contributed by atoms with Gasteiger partial charge in [-0.2, -0.15) is 0 Å². The van der Waals surface area contributed by atoms with Crippen molar-refractivity contribution in [1.82, 2.24) is 10.2 Å². The molecule has 0 aliphatic heterocycles. The van der Waals surface area contributed by atoms with Crippen molar-refractivity contribution in [1.29, 1.82) is 0 Å². The van der Waals surface area contributed by atoms with Gasteiger partial charge in [-0.15, -0.1) is 0 Å². The Labute approximate surface area is 229 Å². The lowest BCUT2D eigenvalue weighted by Crippen LogP contribution is -2.52. The Bertz CT molecular complexity index is 1390. The normalized spacial score (nSPS) is 14.5. The molecule has 1 unspecified atom stereocenters. The summed E-state index contributed by atoms with van der Waals surface area (Å²) in [5.41, 5.74) is 2.10. The van der Waals surface area contributed by atoms with E-state index in [0.29, 0.717) is 0 Å². The van der Waals surface area contributed by atoms with Crippen LogP contribution in [0.2, 0.25) is 0 Å². The first-order valence-electron chi connectivity index (χ1n) is 13.1. The number of para-hydroxylation sites is 1. The van der Waals surface area contributed by atoms with Gasteiger partial charge in [0.15, 0.2) is 0 Å². The highest BCUT2D eigenvalue weighted by Crippen LogP contribution is 2.25. The largest absolute Gasteiger partial charge is 0.352 e. The Hall–Kier alpha value is -3.72. The highest BCUT2D eigenvalue weighted by Gasteiger charge is 2.33. The van der Waals surface area contributed by atoms with Crippen LogP contribution < -0.4 is 9.62 Å². The summed E-state index contributed by atoms with van der Waals surface area (Å²) >= 11 is 0. The molecule has 1 aliphatic rings. The van der Waals surface area contributed by atoms with Crippen LogP contribution in [-0.4, -0.2) is 43.8 Å². The van der Waals surface area contributed by atoms with Crippen molar-refractivity contribution in [3.05, 3.63) is 95.8 Å². The molecule has 0 radical (unpaired) electrons. The van der Waals surface area contributed by atoms with Crippen molar-refractivity contribution in [2.24, 2.45) is 0 Å². The van der Waals surface area contributed by atoms with Gasteiger partial charge in [0.1, 0.15) is 18.4 Å². The zero-order valence-electron chi connectivity index (χ0n) is 22.2. The molecule has 3 aromatic carbocycles. The Balaban J connectivity index is 1.67. The molecule has 3 aromatic rings. The minimum atomic E-state index is -4.23. The number of carbonyl (C=O) groups is 2. The maximum Gasteiger partial charge on any atom is 0.264 e. The van der Waals surface area contributed by atoms with Gasteiger partial charge in [-0.3, -0.25) is 13.9 Å². The topological polar surface area (TPSA) is 86.8 Å². The highest BCUT2D eigenvalue weighted by atomic mass is 32.2. The van der Waals surface area contributed by atoms with E-state index < -0.39 is 34.3 Å². The van der Waals surface area contributed by atoms with E-state index in [1.165, 1.54) is 17.0 Å². The number of halogens is 1. The third kappa shape index (κ3) is 6.84. The summed E-state index contributed by atoms with van der Waals surface area (Å²) in [7, 11) is -4.23. The quantitative estimate of drug-likeness (QED) is 0.392. The van der Waals surface area contributed by atoms with Crippen LogP contribution in [0.25, 0.3) is 0 Å². The number of rotatable bonds is 10. The zero-order chi connectivity index (χ0) is 28.0. The third-order valence-electron chi connectivity index (χ3n) is 7.20. The van der Waals surface area contributed by atoms with Crippen LogP contribution in [0.4, 0.5) is 10.1 Å². The van der Waals surface area contributed by atoms with Crippen LogP contribution in [0, 0.1) is 12.7 Å². The first kappa shape index (κ1) is 28.3. The number of aryl methyl sites for hydroxylation is 1. The summed E-state index contributed by atoms with van der Waals surface area (Å²) in [6, 6.07) is 19.6. The lowest BCUT2D eigenvalue weighted by Gasteiger charge is -2.32. The average Bonchev–Trinajstić information content (AvgIpc) is 3.44. The van der Waals surface area contributed by atoms with Gasteiger partial charge in [0.05, 0.1) is 10.6 Å². The first-order valence-corrected chi connectivity index (χ1v) is 14.6. The van der Waals surface area contributed by atoms with E-state index in [0.717, 1.165) is 53.2 Å². The Morgan fingerprint density at radius 2 is 1.56 bits per heavy atom. The molecular weight excluding hydrogens is 517 g/mol. The molecule has 1 saturated carbocycles. The molecule has 4 rings (SSSR count). The van der Waals surface area contributed by atoms with Crippen molar-refractivity contribution in [3.8, 4) is 0 Å². The predicted octanol–water partition coefficient (Wildman–Crippen LogP) is 4.81. The highest BCUT2D eigenvalue weighted by molar-refractivity contribution is 7.92. The monoisotopic (exact) mass is 551 g/mol.